The molecule has 188 valence electrons. The predicted octanol–water partition coefficient (Wildman–Crippen LogP) is 3.64. The molecule has 0 spiro atoms. The lowest BCUT2D eigenvalue weighted by atomic mass is 10.2. The van der Waals surface area contributed by atoms with E-state index in [4.69, 9.17) is 16.1 Å². The van der Waals surface area contributed by atoms with Crippen LogP contribution >= 0.6 is 0 Å². The van der Waals surface area contributed by atoms with E-state index in [2.05, 4.69) is 27.0 Å². The van der Waals surface area contributed by atoms with E-state index in [9.17, 15) is 9.59 Å². The summed E-state index contributed by atoms with van der Waals surface area (Å²) in [7, 11) is 0. The van der Waals surface area contributed by atoms with E-state index >= 15 is 0 Å². The number of carbonyl (C=O) groups excluding carboxylic acids is 1. The summed E-state index contributed by atoms with van der Waals surface area (Å²) in [6.45, 7) is 1.15. The number of hydrogen-bond acceptors (Lipinski definition) is 7. The van der Waals surface area contributed by atoms with Crippen molar-refractivity contribution in [2.45, 2.75) is 25.5 Å². The number of anilines is 1. The van der Waals surface area contributed by atoms with Gasteiger partial charge in [-0.2, -0.15) is 0 Å². The Morgan fingerprint density at radius 2 is 1.78 bits per heavy atom. The van der Waals surface area contributed by atoms with Crippen molar-refractivity contribution < 1.29 is 9.53 Å². The van der Waals surface area contributed by atoms with Crippen molar-refractivity contribution in [2.75, 3.05) is 18.5 Å². The summed E-state index contributed by atoms with van der Waals surface area (Å²) in [4.78, 5) is 34.2. The van der Waals surface area contributed by atoms with Crippen molar-refractivity contribution >= 4 is 22.8 Å². The Morgan fingerprint density at radius 3 is 2.54 bits per heavy atom. The Balaban J connectivity index is 1.41. The molecule has 2 aromatic heterocycles. The van der Waals surface area contributed by atoms with Crippen molar-refractivity contribution in [3.05, 3.63) is 101 Å². The molecule has 2 aromatic carbocycles. The molecule has 37 heavy (non-hydrogen) atoms. The van der Waals surface area contributed by atoms with Crippen LogP contribution in [-0.4, -0.2) is 33.8 Å². The average molecular weight is 497 g/mol. The van der Waals surface area contributed by atoms with E-state index in [0.29, 0.717) is 37.3 Å². The average Bonchev–Trinajstić information content (AvgIpc) is 2.94. The second-order valence-electron chi connectivity index (χ2n) is 8.22. The van der Waals surface area contributed by atoms with Crippen LogP contribution in [0.15, 0.2) is 83.8 Å². The molecule has 0 aliphatic rings. The minimum Gasteiger partial charge on any atom is -0.445 e. The molecule has 0 aliphatic heterocycles. The smallest absolute Gasteiger partial charge is 0.407 e. The van der Waals surface area contributed by atoms with Gasteiger partial charge in [-0.3, -0.25) is 10.2 Å². The second kappa shape index (κ2) is 12.9. The van der Waals surface area contributed by atoms with Crippen LogP contribution in [0.4, 0.5) is 10.5 Å². The van der Waals surface area contributed by atoms with Gasteiger partial charge in [0.05, 0.1) is 17.2 Å². The van der Waals surface area contributed by atoms with Crippen LogP contribution in [0.3, 0.4) is 0 Å². The molecule has 4 rings (SSSR count). The quantitative estimate of drug-likeness (QED) is 0.215. The number of rotatable bonds is 11. The largest absolute Gasteiger partial charge is 0.445 e. The van der Waals surface area contributed by atoms with Crippen LogP contribution < -0.4 is 21.6 Å². The fourth-order valence-corrected chi connectivity index (χ4v) is 3.72. The fraction of sp³-hybridized carbons (Fsp3) is 0.214. The molecule has 3 N–H and O–H groups in total. The first-order chi connectivity index (χ1) is 18.2. The molecular formula is C28H28N6O3. The molecule has 0 fully saturated rings. The summed E-state index contributed by atoms with van der Waals surface area (Å²) in [5, 5.41) is 6.11. The maximum Gasteiger partial charge on any atom is 0.407 e. The first kappa shape index (κ1) is 25.4. The summed E-state index contributed by atoms with van der Waals surface area (Å²) in [6, 6.07) is 21.9. The predicted molar refractivity (Wildman–Crippen MR) is 143 cm³/mol. The number of para-hydroxylation sites is 1. The van der Waals surface area contributed by atoms with Crippen LogP contribution in [0.25, 0.3) is 11.0 Å². The van der Waals surface area contributed by atoms with E-state index in [-0.39, 0.29) is 17.7 Å². The minimum absolute atomic E-state index is 0.212. The zero-order valence-corrected chi connectivity index (χ0v) is 20.3. The molecule has 1 atom stereocenters. The summed E-state index contributed by atoms with van der Waals surface area (Å²) in [5.41, 5.74) is 5.20. The zero-order chi connectivity index (χ0) is 25.9. The number of terminal acetylenes is 1. The molecule has 0 unspecified atom stereocenters. The third-order valence-corrected chi connectivity index (χ3v) is 5.53. The third-order valence-electron chi connectivity index (χ3n) is 5.53. The van der Waals surface area contributed by atoms with Crippen molar-refractivity contribution in [2.24, 2.45) is 0 Å². The first-order valence-corrected chi connectivity index (χ1v) is 12.0. The molecule has 0 saturated carbocycles. The molecule has 4 aromatic rings. The number of amides is 1. The van der Waals surface area contributed by atoms with Crippen molar-refractivity contribution in [3.8, 4) is 12.3 Å². The number of benzene rings is 2. The molecule has 0 aliphatic carbocycles. The third kappa shape index (κ3) is 6.93. The Bertz CT molecular complexity index is 1420. The van der Waals surface area contributed by atoms with Crippen molar-refractivity contribution in [1.82, 2.24) is 25.3 Å². The Labute approximate surface area is 214 Å². The number of alkyl carbamates (subject to hydrolysis) is 1. The maximum atomic E-state index is 13.3. The Hall–Kier alpha value is -4.68. The van der Waals surface area contributed by atoms with Gasteiger partial charge >= 0.3 is 6.09 Å². The molecule has 0 bridgehead atoms. The van der Waals surface area contributed by atoms with E-state index in [1.54, 1.807) is 18.3 Å². The number of nitrogens with zero attached hydrogens (tertiary/aromatic N) is 3. The molecule has 1 amide bonds. The van der Waals surface area contributed by atoms with Gasteiger partial charge in [0.1, 0.15) is 12.4 Å². The molecule has 9 heteroatoms. The molecule has 0 saturated heterocycles. The number of fused-ring (bicyclic) bond motifs is 1. The molecule has 9 nitrogen and oxygen atoms in total. The summed E-state index contributed by atoms with van der Waals surface area (Å²) in [6.07, 6.45) is 7.67. The zero-order valence-electron chi connectivity index (χ0n) is 20.3. The maximum absolute atomic E-state index is 13.3. The number of ether oxygens (including phenoxy) is 1. The lowest BCUT2D eigenvalue weighted by Gasteiger charge is -2.22. The first-order valence-electron chi connectivity index (χ1n) is 12.0. The van der Waals surface area contributed by atoms with Gasteiger partial charge in [-0.15, -0.1) is 12.3 Å². The number of nitrogens with one attached hydrogen (secondary N) is 3. The van der Waals surface area contributed by atoms with Gasteiger partial charge < -0.3 is 15.4 Å². The molecule has 0 radical (unpaired) electrons. The van der Waals surface area contributed by atoms with Gasteiger partial charge in [-0.05, 0) is 42.8 Å². The highest BCUT2D eigenvalue weighted by atomic mass is 16.5. The van der Waals surface area contributed by atoms with Crippen LogP contribution in [0, 0.1) is 12.3 Å². The monoisotopic (exact) mass is 496 g/mol. The van der Waals surface area contributed by atoms with Gasteiger partial charge in [-0.25, -0.2) is 19.4 Å². The lowest BCUT2D eigenvalue weighted by molar-refractivity contribution is 0.139. The Kier molecular flexibility index (Phi) is 8.83. The second-order valence-corrected chi connectivity index (χ2v) is 8.22. The van der Waals surface area contributed by atoms with Crippen LogP contribution in [-0.2, 0) is 11.3 Å². The Morgan fingerprint density at radius 1 is 1.03 bits per heavy atom. The number of carbonyl (C=O) groups is 1. The minimum atomic E-state index is -0.478. The van der Waals surface area contributed by atoms with E-state index in [0.717, 1.165) is 11.3 Å². The standard InChI is InChI=1S/C28H28N6O3/c1-2-11-24(29-18-10-19-31-28(36)37-20-21-12-5-3-6-13-21)26-32-23-16-9-17-30-25(23)27(35)34(26)33-22-14-7-4-8-15-22/h1,3-9,12-17,24,29,33H,10-11,18-20H2,(H,31,36)/t24-/m1/s1. The van der Waals surface area contributed by atoms with Gasteiger partial charge in [0.2, 0.25) is 0 Å². The SMILES string of the molecule is C#CC[C@@H](NCCCNC(=O)OCc1ccccc1)c1nc2cccnc2c(=O)n1Nc1ccccc1. The van der Waals surface area contributed by atoms with Crippen LogP contribution in [0.5, 0.6) is 0 Å². The van der Waals surface area contributed by atoms with Gasteiger partial charge in [-0.1, -0.05) is 48.5 Å². The van der Waals surface area contributed by atoms with Gasteiger partial charge in [0.15, 0.2) is 5.52 Å². The van der Waals surface area contributed by atoms with Gasteiger partial charge in [0, 0.05) is 19.2 Å². The highest BCUT2D eigenvalue weighted by Gasteiger charge is 2.20. The van der Waals surface area contributed by atoms with Crippen LogP contribution in [0.1, 0.15) is 30.3 Å². The van der Waals surface area contributed by atoms with E-state index in [1.807, 2.05) is 60.7 Å². The number of hydrogen-bond donors (Lipinski definition) is 3. The van der Waals surface area contributed by atoms with E-state index in [1.165, 1.54) is 4.68 Å². The lowest BCUT2D eigenvalue weighted by Crippen LogP contribution is -2.37. The molecule has 2 heterocycles. The number of pyridine rings is 1. The van der Waals surface area contributed by atoms with Gasteiger partial charge in [0.25, 0.3) is 5.56 Å². The summed E-state index contributed by atoms with van der Waals surface area (Å²) >= 11 is 0. The molecular weight excluding hydrogens is 468 g/mol. The van der Waals surface area contributed by atoms with Crippen LogP contribution in [0.2, 0.25) is 0 Å². The fourth-order valence-electron chi connectivity index (χ4n) is 3.72. The highest BCUT2D eigenvalue weighted by Crippen LogP contribution is 2.17. The highest BCUT2D eigenvalue weighted by molar-refractivity contribution is 5.72. The van der Waals surface area contributed by atoms with E-state index < -0.39 is 12.1 Å². The summed E-state index contributed by atoms with van der Waals surface area (Å²) in [5.74, 6) is 3.11. The normalized spacial score (nSPS) is 11.4. The van der Waals surface area contributed by atoms with Crippen molar-refractivity contribution in [1.29, 1.82) is 0 Å². The summed E-state index contributed by atoms with van der Waals surface area (Å²) < 4.78 is 6.62. The topological polar surface area (TPSA) is 110 Å². The number of aromatic nitrogens is 3. The van der Waals surface area contributed by atoms with Crippen molar-refractivity contribution in [3.63, 3.8) is 0 Å².